The summed E-state index contributed by atoms with van der Waals surface area (Å²) < 4.78 is 5.10. The number of methoxy groups -OCH3 is 1. The molecule has 0 bridgehead atoms. The minimum absolute atomic E-state index is 0.0691. The predicted molar refractivity (Wildman–Crippen MR) is 68.7 cm³/mol. The van der Waals surface area contributed by atoms with Gasteiger partial charge in [-0.05, 0) is 43.5 Å². The number of hydrogen-bond donors (Lipinski definition) is 2. The van der Waals surface area contributed by atoms with E-state index < -0.39 is 0 Å². The van der Waals surface area contributed by atoms with Gasteiger partial charge in [0.2, 0.25) is 0 Å². The third kappa shape index (κ3) is 2.74. The molecule has 0 spiro atoms. The second kappa shape index (κ2) is 5.74. The van der Waals surface area contributed by atoms with E-state index in [0.29, 0.717) is 11.8 Å². The van der Waals surface area contributed by atoms with E-state index in [-0.39, 0.29) is 11.3 Å². The molecule has 0 aromatic heterocycles. The summed E-state index contributed by atoms with van der Waals surface area (Å²) in [6, 6.07) is 6.01. The number of aromatic hydroxyl groups is 1. The van der Waals surface area contributed by atoms with Crippen molar-refractivity contribution >= 4 is 0 Å². The van der Waals surface area contributed by atoms with Gasteiger partial charge < -0.3 is 15.2 Å². The van der Waals surface area contributed by atoms with E-state index in [9.17, 15) is 5.11 Å². The Hall–Kier alpha value is -1.73. The smallest absolute Gasteiger partial charge is 0.175 e. The normalized spacial score (nSPS) is 19.2. The predicted octanol–water partition coefficient (Wildman–Crippen LogP) is 1.96. The van der Waals surface area contributed by atoms with E-state index in [1.165, 1.54) is 20.0 Å². The zero-order chi connectivity index (χ0) is 13.0. The van der Waals surface area contributed by atoms with E-state index in [2.05, 4.69) is 5.32 Å². The Labute approximate surface area is 107 Å². The highest BCUT2D eigenvalue weighted by Crippen LogP contribution is 2.31. The van der Waals surface area contributed by atoms with Gasteiger partial charge in [0, 0.05) is 6.04 Å². The van der Waals surface area contributed by atoms with Gasteiger partial charge in [0.15, 0.2) is 11.5 Å². The van der Waals surface area contributed by atoms with E-state index in [4.69, 9.17) is 10.00 Å². The number of phenolic OH excluding ortho intramolecular Hbond substituents is 1. The van der Waals surface area contributed by atoms with Crippen molar-refractivity contribution in [3.05, 3.63) is 23.3 Å². The van der Waals surface area contributed by atoms with E-state index in [1.54, 1.807) is 6.07 Å². The second-order valence-electron chi connectivity index (χ2n) is 4.66. The molecular formula is C14H18N2O2. The molecule has 1 unspecified atom stereocenters. The fourth-order valence-corrected chi connectivity index (χ4v) is 2.41. The zero-order valence-electron chi connectivity index (χ0n) is 10.6. The van der Waals surface area contributed by atoms with Gasteiger partial charge in [0.1, 0.15) is 6.07 Å². The number of nitrogens with zero attached hydrogens (tertiary/aromatic N) is 1. The molecule has 2 rings (SSSR count). The van der Waals surface area contributed by atoms with Crippen LogP contribution >= 0.6 is 0 Å². The maximum Gasteiger partial charge on any atom is 0.175 e. The van der Waals surface area contributed by atoms with Crippen LogP contribution in [-0.2, 0) is 6.42 Å². The van der Waals surface area contributed by atoms with Gasteiger partial charge in [-0.15, -0.1) is 0 Å². The first-order valence-electron chi connectivity index (χ1n) is 6.28. The lowest BCUT2D eigenvalue weighted by atomic mass is 9.96. The Bertz CT molecular complexity index is 460. The number of rotatable bonds is 3. The second-order valence-corrected chi connectivity index (χ2v) is 4.66. The lowest BCUT2D eigenvalue weighted by Gasteiger charge is -2.23. The number of ether oxygens (including phenoxy) is 1. The van der Waals surface area contributed by atoms with E-state index >= 15 is 0 Å². The molecule has 96 valence electrons. The summed E-state index contributed by atoms with van der Waals surface area (Å²) in [6.07, 6.45) is 4.51. The summed E-state index contributed by atoms with van der Waals surface area (Å²) in [5.41, 5.74) is 1.31. The highest BCUT2D eigenvalue weighted by atomic mass is 16.5. The van der Waals surface area contributed by atoms with Gasteiger partial charge in [-0.3, -0.25) is 0 Å². The fraction of sp³-hybridized carbons (Fsp3) is 0.500. The molecule has 0 radical (unpaired) electrons. The standard InChI is InChI=1S/C14H18N2O2/c1-18-13-8-10(6-11(9-15)14(13)17)7-12-4-2-3-5-16-12/h6,8,12,16-17H,2-5,7H2,1H3. The average Bonchev–Trinajstić information content (AvgIpc) is 2.41. The highest BCUT2D eigenvalue weighted by molar-refractivity contribution is 5.54. The highest BCUT2D eigenvalue weighted by Gasteiger charge is 2.16. The number of nitrogens with one attached hydrogen (secondary N) is 1. The van der Waals surface area contributed by atoms with E-state index in [1.807, 2.05) is 12.1 Å². The molecule has 18 heavy (non-hydrogen) atoms. The maximum atomic E-state index is 9.76. The molecule has 1 saturated heterocycles. The van der Waals surface area contributed by atoms with Crippen molar-refractivity contribution in [1.82, 2.24) is 5.32 Å². The molecule has 1 aromatic rings. The van der Waals surface area contributed by atoms with Crippen LogP contribution in [0.4, 0.5) is 0 Å². The monoisotopic (exact) mass is 246 g/mol. The molecule has 1 aliphatic heterocycles. The summed E-state index contributed by atoms with van der Waals surface area (Å²) in [7, 11) is 1.50. The summed E-state index contributed by atoms with van der Waals surface area (Å²) in [5, 5.41) is 22.2. The van der Waals surface area contributed by atoms with Crippen LogP contribution in [0.1, 0.15) is 30.4 Å². The Morgan fingerprint density at radius 1 is 1.50 bits per heavy atom. The van der Waals surface area contributed by atoms with E-state index in [0.717, 1.165) is 24.9 Å². The van der Waals surface area contributed by atoms with Crippen molar-refractivity contribution < 1.29 is 9.84 Å². The minimum atomic E-state index is -0.0691. The summed E-state index contributed by atoms with van der Waals surface area (Å²) in [4.78, 5) is 0. The fourth-order valence-electron chi connectivity index (χ4n) is 2.41. The van der Waals surface area contributed by atoms with Crippen molar-refractivity contribution in [3.8, 4) is 17.6 Å². The molecule has 1 aromatic carbocycles. The van der Waals surface area contributed by atoms with Crippen LogP contribution in [0.3, 0.4) is 0 Å². The van der Waals surface area contributed by atoms with Crippen LogP contribution in [0.25, 0.3) is 0 Å². The molecule has 0 saturated carbocycles. The molecule has 1 aliphatic rings. The summed E-state index contributed by atoms with van der Waals surface area (Å²) >= 11 is 0. The quantitative estimate of drug-likeness (QED) is 0.855. The number of hydrogen-bond acceptors (Lipinski definition) is 4. The Kier molecular flexibility index (Phi) is 4.06. The summed E-state index contributed by atoms with van der Waals surface area (Å²) in [5.74, 6) is 0.306. The molecule has 4 heteroatoms. The maximum absolute atomic E-state index is 9.76. The van der Waals surface area contributed by atoms with Crippen molar-refractivity contribution in [1.29, 1.82) is 5.26 Å². The van der Waals surface area contributed by atoms with Crippen LogP contribution in [0.15, 0.2) is 12.1 Å². The van der Waals surface area contributed by atoms with Gasteiger partial charge in [-0.1, -0.05) is 6.42 Å². The third-order valence-corrected chi connectivity index (χ3v) is 3.37. The lowest BCUT2D eigenvalue weighted by molar-refractivity contribution is 0.370. The first-order chi connectivity index (χ1) is 8.74. The average molecular weight is 246 g/mol. The molecule has 1 fully saturated rings. The van der Waals surface area contributed by atoms with Crippen molar-refractivity contribution in [2.24, 2.45) is 0 Å². The Balaban J connectivity index is 2.19. The van der Waals surface area contributed by atoms with Crippen molar-refractivity contribution in [3.63, 3.8) is 0 Å². The van der Waals surface area contributed by atoms with Crippen LogP contribution in [0.2, 0.25) is 0 Å². The van der Waals surface area contributed by atoms with Crippen molar-refractivity contribution in [2.75, 3.05) is 13.7 Å². The van der Waals surface area contributed by atoms with Gasteiger partial charge in [0.05, 0.1) is 12.7 Å². The van der Waals surface area contributed by atoms with Crippen LogP contribution in [0.5, 0.6) is 11.5 Å². The molecule has 2 N–H and O–H groups in total. The zero-order valence-corrected chi connectivity index (χ0v) is 10.6. The van der Waals surface area contributed by atoms with Crippen LogP contribution in [-0.4, -0.2) is 24.8 Å². The molecule has 0 amide bonds. The SMILES string of the molecule is COc1cc(CC2CCCCN2)cc(C#N)c1O. The van der Waals surface area contributed by atoms with Gasteiger partial charge in [-0.25, -0.2) is 0 Å². The number of piperidine rings is 1. The molecule has 1 heterocycles. The van der Waals surface area contributed by atoms with Crippen LogP contribution < -0.4 is 10.1 Å². The number of benzene rings is 1. The Morgan fingerprint density at radius 3 is 2.94 bits per heavy atom. The molecule has 1 atom stereocenters. The third-order valence-electron chi connectivity index (χ3n) is 3.37. The lowest BCUT2D eigenvalue weighted by Crippen LogP contribution is -2.35. The number of phenols is 1. The number of nitriles is 1. The molecule has 0 aliphatic carbocycles. The van der Waals surface area contributed by atoms with Gasteiger partial charge in [0.25, 0.3) is 0 Å². The van der Waals surface area contributed by atoms with Crippen LogP contribution in [0, 0.1) is 11.3 Å². The summed E-state index contributed by atoms with van der Waals surface area (Å²) in [6.45, 7) is 1.06. The van der Waals surface area contributed by atoms with Gasteiger partial charge >= 0.3 is 0 Å². The largest absolute Gasteiger partial charge is 0.503 e. The molecule has 4 nitrogen and oxygen atoms in total. The molecular weight excluding hydrogens is 228 g/mol. The Morgan fingerprint density at radius 2 is 2.33 bits per heavy atom. The van der Waals surface area contributed by atoms with Gasteiger partial charge in [-0.2, -0.15) is 5.26 Å². The minimum Gasteiger partial charge on any atom is -0.503 e. The van der Waals surface area contributed by atoms with Crippen molar-refractivity contribution in [2.45, 2.75) is 31.7 Å². The first-order valence-corrected chi connectivity index (χ1v) is 6.28. The first kappa shape index (κ1) is 12.7. The topological polar surface area (TPSA) is 65.3 Å².